The molecule has 2 heterocycles. The van der Waals surface area contributed by atoms with E-state index in [9.17, 15) is 9.59 Å². The molecule has 3 aliphatic rings. The van der Waals surface area contributed by atoms with Crippen LogP contribution >= 0.6 is 11.6 Å². The first kappa shape index (κ1) is 11.6. The quantitative estimate of drug-likeness (QED) is 0.773. The normalized spacial score (nSPS) is 39.0. The largest absolute Gasteiger partial charge is 0.343 e. The number of halogens is 1. The highest BCUT2D eigenvalue weighted by Crippen LogP contribution is 2.57. The predicted octanol–water partition coefficient (Wildman–Crippen LogP) is 1.71. The summed E-state index contributed by atoms with van der Waals surface area (Å²) in [6.45, 7) is 0.419. The lowest BCUT2D eigenvalue weighted by molar-refractivity contribution is -0.153. The summed E-state index contributed by atoms with van der Waals surface area (Å²) < 4.78 is 10.7. The van der Waals surface area contributed by atoms with Crippen molar-refractivity contribution >= 4 is 23.2 Å². The molecule has 0 unspecified atom stereocenters. The van der Waals surface area contributed by atoms with Crippen molar-refractivity contribution in [1.29, 1.82) is 0 Å². The molecule has 0 aromatic heterocycles. The standard InChI is InChI=1S/C14H11ClO4/c15-7-3-1-6(2-4-7)12(16)10-9-8-5-18-14(19-8)13(17)11(9)10/h1-4,8-11,14H,5H2/t8-,9+,10-,11-,14+/m0/s1. The molecule has 0 spiro atoms. The molecule has 1 saturated carbocycles. The number of Topliss-reactive ketones (excluding diaryl/α,β-unsaturated/α-hetero) is 2. The van der Waals surface area contributed by atoms with Gasteiger partial charge in [0.05, 0.1) is 12.7 Å². The molecule has 3 fully saturated rings. The SMILES string of the molecule is O=C(c1ccc(Cl)cc1)[C@@H]1[C@H]2C(=O)[C@@H]3OC[C@H](O3)[C@H]12. The van der Waals surface area contributed by atoms with Crippen molar-refractivity contribution < 1.29 is 19.1 Å². The Balaban J connectivity index is 1.60. The van der Waals surface area contributed by atoms with E-state index < -0.39 is 6.29 Å². The highest BCUT2D eigenvalue weighted by Gasteiger charge is 2.68. The van der Waals surface area contributed by atoms with E-state index in [1.54, 1.807) is 24.3 Å². The second-order valence-electron chi connectivity index (χ2n) is 5.24. The van der Waals surface area contributed by atoms with E-state index in [2.05, 4.69) is 0 Å². The van der Waals surface area contributed by atoms with Crippen molar-refractivity contribution in [1.82, 2.24) is 0 Å². The molecule has 5 atom stereocenters. The molecule has 2 bridgehead atoms. The van der Waals surface area contributed by atoms with Crippen LogP contribution in [0.4, 0.5) is 0 Å². The van der Waals surface area contributed by atoms with Crippen LogP contribution in [0.2, 0.25) is 5.02 Å². The lowest BCUT2D eigenvalue weighted by Gasteiger charge is -2.14. The van der Waals surface area contributed by atoms with Gasteiger partial charge in [-0.2, -0.15) is 0 Å². The second kappa shape index (κ2) is 3.88. The summed E-state index contributed by atoms with van der Waals surface area (Å²) in [6, 6.07) is 6.78. The molecule has 2 saturated heterocycles. The summed E-state index contributed by atoms with van der Waals surface area (Å²) in [5.41, 5.74) is 0.605. The first-order valence-electron chi connectivity index (χ1n) is 6.27. The minimum absolute atomic E-state index is 0.00516. The third-order valence-electron chi connectivity index (χ3n) is 4.21. The molecule has 1 aromatic carbocycles. The van der Waals surface area contributed by atoms with Crippen molar-refractivity contribution in [3.63, 3.8) is 0 Å². The zero-order chi connectivity index (χ0) is 13.1. The van der Waals surface area contributed by atoms with E-state index in [0.717, 1.165) is 0 Å². The molecule has 0 radical (unpaired) electrons. The van der Waals surface area contributed by atoms with Gasteiger partial charge in [-0.3, -0.25) is 9.59 Å². The van der Waals surface area contributed by atoms with Crippen LogP contribution in [0.15, 0.2) is 24.3 Å². The third-order valence-corrected chi connectivity index (χ3v) is 4.46. The summed E-state index contributed by atoms with van der Waals surface area (Å²) in [5, 5.41) is 0.594. The molecule has 2 aliphatic heterocycles. The molecular formula is C14H11ClO4. The zero-order valence-electron chi connectivity index (χ0n) is 9.91. The van der Waals surface area contributed by atoms with Crippen LogP contribution in [0, 0.1) is 17.8 Å². The average Bonchev–Trinajstić information content (AvgIpc) is 3.02. The van der Waals surface area contributed by atoms with Crippen LogP contribution in [-0.4, -0.2) is 30.6 Å². The fraction of sp³-hybridized carbons (Fsp3) is 0.429. The Morgan fingerprint density at radius 2 is 2.00 bits per heavy atom. The van der Waals surface area contributed by atoms with Crippen molar-refractivity contribution in [2.75, 3.05) is 6.61 Å². The first-order chi connectivity index (χ1) is 9.16. The van der Waals surface area contributed by atoms with E-state index in [4.69, 9.17) is 21.1 Å². The Labute approximate surface area is 114 Å². The Kier molecular flexibility index (Phi) is 2.37. The maximum Gasteiger partial charge on any atom is 0.218 e. The lowest BCUT2D eigenvalue weighted by Crippen LogP contribution is -2.30. The summed E-state index contributed by atoms with van der Waals surface area (Å²) in [5.74, 6) is -0.529. The molecule has 98 valence electrons. The predicted molar refractivity (Wildman–Crippen MR) is 65.9 cm³/mol. The molecule has 5 heteroatoms. The molecule has 1 aliphatic carbocycles. The molecular weight excluding hydrogens is 268 g/mol. The number of ether oxygens (including phenoxy) is 2. The number of carbonyl (C=O) groups is 2. The van der Waals surface area contributed by atoms with Gasteiger partial charge in [-0.25, -0.2) is 0 Å². The van der Waals surface area contributed by atoms with Crippen molar-refractivity contribution in [3.8, 4) is 0 Å². The average molecular weight is 279 g/mol. The fourth-order valence-corrected chi connectivity index (χ4v) is 3.36. The van der Waals surface area contributed by atoms with Gasteiger partial charge in [0.25, 0.3) is 0 Å². The number of benzene rings is 1. The topological polar surface area (TPSA) is 52.6 Å². The molecule has 0 N–H and O–H groups in total. The smallest absolute Gasteiger partial charge is 0.218 e. The van der Waals surface area contributed by atoms with Crippen LogP contribution in [0.1, 0.15) is 10.4 Å². The van der Waals surface area contributed by atoms with Gasteiger partial charge in [0, 0.05) is 28.3 Å². The van der Waals surface area contributed by atoms with E-state index in [0.29, 0.717) is 17.2 Å². The van der Waals surface area contributed by atoms with E-state index in [-0.39, 0.29) is 35.4 Å². The third kappa shape index (κ3) is 1.60. The minimum Gasteiger partial charge on any atom is -0.343 e. The maximum atomic E-state index is 12.4. The van der Waals surface area contributed by atoms with E-state index in [1.165, 1.54) is 0 Å². The number of hydrogen-bond acceptors (Lipinski definition) is 4. The minimum atomic E-state index is -0.741. The Morgan fingerprint density at radius 3 is 2.74 bits per heavy atom. The second-order valence-corrected chi connectivity index (χ2v) is 5.68. The van der Waals surface area contributed by atoms with Crippen molar-refractivity contribution in [2.24, 2.45) is 17.8 Å². The van der Waals surface area contributed by atoms with Gasteiger partial charge in [0.2, 0.25) is 6.29 Å². The van der Waals surface area contributed by atoms with Gasteiger partial charge in [0.1, 0.15) is 0 Å². The van der Waals surface area contributed by atoms with Gasteiger partial charge < -0.3 is 9.47 Å². The summed E-state index contributed by atoms with van der Waals surface area (Å²) in [6.07, 6.45) is -0.844. The lowest BCUT2D eigenvalue weighted by atomic mass is 10.0. The van der Waals surface area contributed by atoms with Crippen molar-refractivity contribution in [3.05, 3.63) is 34.9 Å². The van der Waals surface area contributed by atoms with Crippen LogP contribution in [0.3, 0.4) is 0 Å². The summed E-state index contributed by atoms with van der Waals surface area (Å²) in [4.78, 5) is 24.4. The van der Waals surface area contributed by atoms with Gasteiger partial charge in [-0.05, 0) is 24.3 Å². The number of ketones is 2. The number of hydrogen-bond donors (Lipinski definition) is 0. The fourth-order valence-electron chi connectivity index (χ4n) is 3.24. The van der Waals surface area contributed by atoms with Crippen LogP contribution in [0.25, 0.3) is 0 Å². The van der Waals surface area contributed by atoms with Crippen molar-refractivity contribution in [2.45, 2.75) is 12.4 Å². The van der Waals surface area contributed by atoms with Gasteiger partial charge in [-0.1, -0.05) is 11.6 Å². The molecule has 4 rings (SSSR count). The zero-order valence-corrected chi connectivity index (χ0v) is 10.7. The molecule has 0 amide bonds. The number of carbonyl (C=O) groups excluding carboxylic acids is 2. The summed E-state index contributed by atoms with van der Waals surface area (Å²) in [7, 11) is 0. The Bertz CT molecular complexity index is 567. The van der Waals surface area contributed by atoms with Gasteiger partial charge in [-0.15, -0.1) is 0 Å². The van der Waals surface area contributed by atoms with Gasteiger partial charge in [0.15, 0.2) is 11.6 Å². The summed E-state index contributed by atoms with van der Waals surface area (Å²) >= 11 is 5.81. The number of fused-ring (bicyclic) bond motifs is 4. The van der Waals surface area contributed by atoms with Gasteiger partial charge >= 0.3 is 0 Å². The van der Waals surface area contributed by atoms with E-state index >= 15 is 0 Å². The molecule has 4 nitrogen and oxygen atoms in total. The van der Waals surface area contributed by atoms with Crippen LogP contribution in [-0.2, 0) is 14.3 Å². The Hall–Kier alpha value is -1.23. The van der Waals surface area contributed by atoms with Crippen LogP contribution in [0.5, 0.6) is 0 Å². The Morgan fingerprint density at radius 1 is 1.26 bits per heavy atom. The highest BCUT2D eigenvalue weighted by molar-refractivity contribution is 6.30. The highest BCUT2D eigenvalue weighted by atomic mass is 35.5. The first-order valence-corrected chi connectivity index (χ1v) is 6.65. The monoisotopic (exact) mass is 278 g/mol. The molecule has 19 heavy (non-hydrogen) atoms. The van der Waals surface area contributed by atoms with E-state index in [1.807, 2.05) is 0 Å². The molecule has 1 aromatic rings. The number of rotatable bonds is 2. The maximum absolute atomic E-state index is 12.4. The van der Waals surface area contributed by atoms with Crippen LogP contribution < -0.4 is 0 Å².